The minimum atomic E-state index is 0.226. The van der Waals surface area contributed by atoms with Gasteiger partial charge >= 0.3 is 0 Å². The van der Waals surface area contributed by atoms with Crippen molar-refractivity contribution in [3.8, 4) is 5.75 Å². The molecule has 0 spiro atoms. The molecule has 1 aliphatic rings. The summed E-state index contributed by atoms with van der Waals surface area (Å²) in [6.45, 7) is 9.87. The van der Waals surface area contributed by atoms with Gasteiger partial charge in [-0.25, -0.2) is 0 Å². The van der Waals surface area contributed by atoms with Crippen molar-refractivity contribution in [3.05, 3.63) is 35.9 Å². The van der Waals surface area contributed by atoms with Crippen molar-refractivity contribution in [2.45, 2.75) is 71.6 Å². The minimum absolute atomic E-state index is 0.226. The Bertz CT molecular complexity index is 772. The molecule has 6 heteroatoms. The van der Waals surface area contributed by atoms with E-state index in [2.05, 4.69) is 24.8 Å². The van der Waals surface area contributed by atoms with Crippen LogP contribution in [-0.4, -0.2) is 79.4 Å². The molecule has 0 radical (unpaired) electrons. The lowest BCUT2D eigenvalue weighted by molar-refractivity contribution is -0.133. The molecule has 0 aromatic heterocycles. The van der Waals surface area contributed by atoms with Gasteiger partial charge in [0.1, 0.15) is 5.75 Å². The number of piperazine rings is 1. The van der Waals surface area contributed by atoms with E-state index in [1.54, 1.807) is 7.11 Å². The second-order valence-electron chi connectivity index (χ2n) is 9.47. The number of nitrogens with zero attached hydrogens (tertiary/aromatic N) is 3. The van der Waals surface area contributed by atoms with Gasteiger partial charge in [-0.3, -0.25) is 14.5 Å². The first-order valence-electron chi connectivity index (χ1n) is 13.7. The van der Waals surface area contributed by atoms with Gasteiger partial charge in [-0.1, -0.05) is 76.3 Å². The fraction of sp³-hybridized carbons (Fsp3) is 0.655. The first kappa shape index (κ1) is 28.9. The highest BCUT2D eigenvalue weighted by Crippen LogP contribution is 2.18. The molecule has 0 N–H and O–H groups in total. The molecule has 2 rings (SSSR count). The molecule has 35 heavy (non-hydrogen) atoms. The highest BCUT2D eigenvalue weighted by molar-refractivity contribution is 5.77. The van der Waals surface area contributed by atoms with Gasteiger partial charge in [0.05, 0.1) is 7.11 Å². The number of carbonyl (C=O) groups excluding carboxylic acids is 2. The van der Waals surface area contributed by atoms with Gasteiger partial charge in [0.25, 0.3) is 0 Å². The first-order valence-corrected chi connectivity index (χ1v) is 13.7. The number of hydrogen-bond acceptors (Lipinski definition) is 4. The smallest absolute Gasteiger partial charge is 0.222 e. The Hall–Kier alpha value is -2.34. The van der Waals surface area contributed by atoms with Crippen LogP contribution in [0.3, 0.4) is 0 Å². The van der Waals surface area contributed by atoms with Crippen LogP contribution in [0.4, 0.5) is 0 Å². The van der Waals surface area contributed by atoms with Crippen LogP contribution in [0.2, 0.25) is 0 Å². The Balaban J connectivity index is 1.84. The van der Waals surface area contributed by atoms with E-state index in [1.807, 2.05) is 40.1 Å². The monoisotopic (exact) mass is 485 g/mol. The average Bonchev–Trinajstić information content (AvgIpc) is 2.89. The molecular weight excluding hydrogens is 438 g/mol. The zero-order valence-corrected chi connectivity index (χ0v) is 22.3. The molecule has 0 atom stereocenters. The fourth-order valence-corrected chi connectivity index (χ4v) is 4.46. The lowest BCUT2D eigenvalue weighted by atomic mass is 10.1. The van der Waals surface area contributed by atoms with Crippen LogP contribution in [0.1, 0.15) is 77.2 Å². The van der Waals surface area contributed by atoms with E-state index >= 15 is 0 Å². The zero-order chi connectivity index (χ0) is 25.3. The summed E-state index contributed by atoms with van der Waals surface area (Å²) >= 11 is 0. The summed E-state index contributed by atoms with van der Waals surface area (Å²) < 4.78 is 5.43. The van der Waals surface area contributed by atoms with Crippen LogP contribution in [0.25, 0.3) is 6.08 Å². The van der Waals surface area contributed by atoms with E-state index in [-0.39, 0.29) is 5.91 Å². The molecule has 1 aliphatic heterocycles. The summed E-state index contributed by atoms with van der Waals surface area (Å²) in [4.78, 5) is 31.8. The maximum absolute atomic E-state index is 12.9. The predicted octanol–water partition coefficient (Wildman–Crippen LogP) is 5.23. The lowest BCUT2D eigenvalue weighted by Gasteiger charge is -2.36. The lowest BCUT2D eigenvalue weighted by Crippen LogP contribution is -2.50. The number of unbranched alkanes of at least 4 members (excludes halogenated alkanes) is 5. The Kier molecular flexibility index (Phi) is 14.2. The number of para-hydroxylation sites is 1. The minimum Gasteiger partial charge on any atom is -0.496 e. The van der Waals surface area contributed by atoms with Gasteiger partial charge in [-0.05, 0) is 18.9 Å². The van der Waals surface area contributed by atoms with Crippen LogP contribution < -0.4 is 4.74 Å². The van der Waals surface area contributed by atoms with Gasteiger partial charge in [-0.2, -0.15) is 0 Å². The topological polar surface area (TPSA) is 53.1 Å². The summed E-state index contributed by atoms with van der Waals surface area (Å²) in [6.07, 6.45) is 13.1. The van der Waals surface area contributed by atoms with Crippen molar-refractivity contribution in [3.63, 3.8) is 0 Å². The number of carbonyl (C=O) groups is 2. The summed E-state index contributed by atoms with van der Waals surface area (Å²) in [7, 11) is 1.68. The number of methoxy groups -OCH3 is 1. The number of benzene rings is 1. The normalized spacial score (nSPS) is 14.4. The summed E-state index contributed by atoms with van der Waals surface area (Å²) in [5.41, 5.74) is 1.02. The van der Waals surface area contributed by atoms with Crippen LogP contribution >= 0.6 is 0 Å². The molecule has 0 saturated carbocycles. The quantitative estimate of drug-likeness (QED) is 0.301. The second-order valence-corrected chi connectivity index (χ2v) is 9.47. The van der Waals surface area contributed by atoms with Crippen LogP contribution in [0.15, 0.2) is 30.3 Å². The number of rotatable bonds is 16. The van der Waals surface area contributed by atoms with Gasteiger partial charge in [0, 0.05) is 64.2 Å². The van der Waals surface area contributed by atoms with Gasteiger partial charge in [-0.15, -0.1) is 0 Å². The number of ether oxygens (including phenoxy) is 1. The molecule has 0 bridgehead atoms. The zero-order valence-electron chi connectivity index (χ0n) is 22.3. The molecule has 1 aromatic carbocycles. The van der Waals surface area contributed by atoms with Crippen molar-refractivity contribution in [1.29, 1.82) is 0 Å². The Labute approximate surface area is 213 Å². The molecule has 0 unspecified atom stereocenters. The summed E-state index contributed by atoms with van der Waals surface area (Å²) in [5.74, 6) is 1.36. The Morgan fingerprint density at radius 3 is 2.34 bits per heavy atom. The predicted molar refractivity (Wildman–Crippen MR) is 145 cm³/mol. The number of hydrogen-bond donors (Lipinski definition) is 0. The average molecular weight is 486 g/mol. The van der Waals surface area contributed by atoms with Gasteiger partial charge < -0.3 is 14.5 Å². The van der Waals surface area contributed by atoms with Crippen LogP contribution in [0, 0.1) is 0 Å². The molecule has 1 saturated heterocycles. The van der Waals surface area contributed by atoms with Crippen LogP contribution in [-0.2, 0) is 9.59 Å². The first-order chi connectivity index (χ1) is 17.1. The standard InChI is InChI=1S/C29H47N3O3/c1-4-6-8-10-18-29(34)32-24-21-30(22-25-32)20-23-31(28(33)17-9-7-5-2)19-13-15-26-14-11-12-16-27(26)35-3/h11-16H,4-10,17-25H2,1-3H3. The third-order valence-corrected chi connectivity index (χ3v) is 6.76. The number of amides is 2. The van der Waals surface area contributed by atoms with Gasteiger partial charge in [0.2, 0.25) is 11.8 Å². The van der Waals surface area contributed by atoms with E-state index in [0.29, 0.717) is 31.8 Å². The third-order valence-electron chi connectivity index (χ3n) is 6.76. The van der Waals surface area contributed by atoms with Crippen LogP contribution in [0.5, 0.6) is 5.75 Å². The highest BCUT2D eigenvalue weighted by atomic mass is 16.5. The van der Waals surface area contributed by atoms with E-state index in [4.69, 9.17) is 4.74 Å². The van der Waals surface area contributed by atoms with E-state index in [0.717, 1.165) is 76.1 Å². The van der Waals surface area contributed by atoms with Crippen molar-refractivity contribution < 1.29 is 14.3 Å². The third kappa shape index (κ3) is 10.9. The summed E-state index contributed by atoms with van der Waals surface area (Å²) in [6, 6.07) is 7.92. The highest BCUT2D eigenvalue weighted by Gasteiger charge is 2.21. The molecule has 2 amide bonds. The molecule has 6 nitrogen and oxygen atoms in total. The van der Waals surface area contributed by atoms with E-state index in [9.17, 15) is 9.59 Å². The molecular formula is C29H47N3O3. The molecule has 1 heterocycles. The van der Waals surface area contributed by atoms with E-state index < -0.39 is 0 Å². The fourth-order valence-electron chi connectivity index (χ4n) is 4.46. The maximum Gasteiger partial charge on any atom is 0.222 e. The Morgan fingerprint density at radius 2 is 1.63 bits per heavy atom. The molecule has 1 aromatic rings. The maximum atomic E-state index is 12.9. The molecule has 1 fully saturated rings. The van der Waals surface area contributed by atoms with Crippen molar-refractivity contribution in [2.75, 3.05) is 52.9 Å². The van der Waals surface area contributed by atoms with Crippen molar-refractivity contribution in [1.82, 2.24) is 14.7 Å². The van der Waals surface area contributed by atoms with Crippen molar-refractivity contribution >= 4 is 17.9 Å². The van der Waals surface area contributed by atoms with E-state index in [1.165, 1.54) is 12.8 Å². The Morgan fingerprint density at radius 1 is 0.943 bits per heavy atom. The summed E-state index contributed by atoms with van der Waals surface area (Å²) in [5, 5.41) is 0. The second kappa shape index (κ2) is 17.1. The largest absolute Gasteiger partial charge is 0.496 e. The SMILES string of the molecule is CCCCCCC(=O)N1CCN(CCN(CC=Cc2ccccc2OC)C(=O)CCCCC)CC1. The van der Waals surface area contributed by atoms with Crippen molar-refractivity contribution in [2.24, 2.45) is 0 Å². The molecule has 196 valence electrons. The molecule has 0 aliphatic carbocycles. The van der Waals surface area contributed by atoms with Gasteiger partial charge in [0.15, 0.2) is 0 Å².